The zero-order valence-corrected chi connectivity index (χ0v) is 16.4. The lowest BCUT2D eigenvalue weighted by Crippen LogP contribution is -2.52. The number of aliphatic hydroxyl groups is 1. The molecule has 0 aromatic carbocycles. The summed E-state index contributed by atoms with van der Waals surface area (Å²) < 4.78 is 0. The molecule has 0 aromatic rings. The molecule has 28 heavy (non-hydrogen) atoms. The molecule has 0 radical (unpaired) electrons. The number of aliphatic carboxylic acids is 3. The molecule has 1 aliphatic carbocycles. The van der Waals surface area contributed by atoms with Gasteiger partial charge in [0.15, 0.2) is 17.2 Å². The predicted molar refractivity (Wildman–Crippen MR) is 97.5 cm³/mol. The maximum absolute atomic E-state index is 11.3. The summed E-state index contributed by atoms with van der Waals surface area (Å²) in [6.07, 6.45) is 2.90. The van der Waals surface area contributed by atoms with Crippen LogP contribution in [0, 0.1) is 17.3 Å². The number of allylic oxidation sites excluding steroid dienone is 4. The number of carboxylic acid groups (broad SMARTS) is 3. The molecule has 0 fully saturated rings. The summed E-state index contributed by atoms with van der Waals surface area (Å²) in [5, 5.41) is 35.8. The summed E-state index contributed by atoms with van der Waals surface area (Å²) >= 11 is 0. The molecule has 0 heterocycles. The third-order valence-corrected chi connectivity index (χ3v) is 4.00. The van der Waals surface area contributed by atoms with Crippen molar-refractivity contribution < 1.29 is 44.4 Å². The summed E-state index contributed by atoms with van der Waals surface area (Å²) in [5.41, 5.74) is -2.45. The zero-order chi connectivity index (χ0) is 22.4. The monoisotopic (exact) mass is 398 g/mol. The minimum Gasteiger partial charge on any atom is -0.481 e. The molecular formula is C19H26O9. The fraction of sp³-hybridized carbons (Fsp3) is 0.526. The molecule has 0 spiro atoms. The number of hydrogen-bond acceptors (Lipinski definition) is 6. The number of rotatable bonds is 6. The SMILES string of the molecule is CC(C)(C)C1=CC(=O)C=CC1=O.CC(C)C(C(=O)O)C(O)(CC(=O)O)C(=O)O. The van der Waals surface area contributed by atoms with Crippen molar-refractivity contribution >= 4 is 29.5 Å². The lowest BCUT2D eigenvalue weighted by molar-refractivity contribution is -0.182. The fourth-order valence-electron chi connectivity index (χ4n) is 2.69. The Bertz CT molecular complexity index is 722. The highest BCUT2D eigenvalue weighted by Gasteiger charge is 2.51. The van der Waals surface area contributed by atoms with Crippen molar-refractivity contribution in [3.63, 3.8) is 0 Å². The molecule has 2 atom stereocenters. The van der Waals surface area contributed by atoms with E-state index in [0.717, 1.165) is 0 Å². The Balaban J connectivity index is 0.000000540. The smallest absolute Gasteiger partial charge is 0.337 e. The summed E-state index contributed by atoms with van der Waals surface area (Å²) in [5.74, 6) is -7.50. The van der Waals surface area contributed by atoms with Crippen LogP contribution in [-0.4, -0.2) is 55.5 Å². The summed E-state index contributed by atoms with van der Waals surface area (Å²) in [4.78, 5) is 54.4. The molecule has 0 aromatic heterocycles. The number of ketones is 2. The summed E-state index contributed by atoms with van der Waals surface area (Å²) in [6, 6.07) is 0. The first-order valence-electron chi connectivity index (χ1n) is 8.43. The van der Waals surface area contributed by atoms with Gasteiger partial charge >= 0.3 is 17.9 Å². The average molecular weight is 398 g/mol. The van der Waals surface area contributed by atoms with Crippen LogP contribution in [0.15, 0.2) is 23.8 Å². The summed E-state index contributed by atoms with van der Waals surface area (Å²) in [6.45, 7) is 8.55. The van der Waals surface area contributed by atoms with Crippen molar-refractivity contribution in [1.29, 1.82) is 0 Å². The maximum atomic E-state index is 11.3. The Morgan fingerprint density at radius 2 is 1.50 bits per heavy atom. The first kappa shape index (κ1) is 25.2. The van der Waals surface area contributed by atoms with Crippen LogP contribution < -0.4 is 0 Å². The van der Waals surface area contributed by atoms with E-state index in [0.29, 0.717) is 5.57 Å². The van der Waals surface area contributed by atoms with Gasteiger partial charge in [0.25, 0.3) is 0 Å². The van der Waals surface area contributed by atoms with Gasteiger partial charge in [0.1, 0.15) is 0 Å². The van der Waals surface area contributed by atoms with Crippen LogP contribution >= 0.6 is 0 Å². The molecule has 0 aliphatic heterocycles. The van der Waals surface area contributed by atoms with Crippen molar-refractivity contribution in [2.75, 3.05) is 0 Å². The van der Waals surface area contributed by atoms with Crippen LogP contribution in [0.1, 0.15) is 41.0 Å². The van der Waals surface area contributed by atoms with Gasteiger partial charge in [-0.05, 0) is 29.6 Å². The van der Waals surface area contributed by atoms with E-state index in [1.54, 1.807) is 0 Å². The van der Waals surface area contributed by atoms with E-state index in [1.807, 2.05) is 20.8 Å². The van der Waals surface area contributed by atoms with Crippen molar-refractivity contribution in [1.82, 2.24) is 0 Å². The molecule has 1 rings (SSSR count). The van der Waals surface area contributed by atoms with Gasteiger partial charge in [-0.1, -0.05) is 34.6 Å². The van der Waals surface area contributed by atoms with E-state index in [2.05, 4.69) is 0 Å². The molecule has 1 aliphatic rings. The quantitative estimate of drug-likeness (QED) is 0.482. The molecule has 0 saturated heterocycles. The zero-order valence-electron chi connectivity index (χ0n) is 16.4. The molecule has 0 bridgehead atoms. The van der Waals surface area contributed by atoms with Gasteiger partial charge in [-0.15, -0.1) is 0 Å². The number of carbonyl (C=O) groups is 5. The van der Waals surface area contributed by atoms with Gasteiger partial charge in [0.05, 0.1) is 12.3 Å². The molecular weight excluding hydrogens is 372 g/mol. The topological polar surface area (TPSA) is 166 Å². The fourth-order valence-corrected chi connectivity index (χ4v) is 2.69. The highest BCUT2D eigenvalue weighted by Crippen LogP contribution is 2.29. The van der Waals surface area contributed by atoms with Crippen LogP contribution in [0.4, 0.5) is 0 Å². The second-order valence-electron chi connectivity index (χ2n) is 7.77. The molecule has 0 saturated carbocycles. The van der Waals surface area contributed by atoms with Crippen LogP contribution in [-0.2, 0) is 24.0 Å². The molecule has 9 nitrogen and oxygen atoms in total. The van der Waals surface area contributed by atoms with Crippen molar-refractivity contribution in [3.05, 3.63) is 23.8 Å². The van der Waals surface area contributed by atoms with Gasteiger partial charge < -0.3 is 20.4 Å². The number of carboxylic acids is 3. The van der Waals surface area contributed by atoms with Gasteiger partial charge in [-0.25, -0.2) is 4.79 Å². The standard InChI is InChI=1S/C10H12O2.C9H14O7/c1-10(2,3)8-6-7(11)4-5-9(8)12;1-4(2)6(7(12)13)9(16,8(14)15)3-5(10)11/h4-6H,1-3H3;4,6,16H,3H2,1-2H3,(H,10,11)(H,12,13)(H,14,15). The van der Waals surface area contributed by atoms with Crippen LogP contribution in [0.3, 0.4) is 0 Å². The Morgan fingerprint density at radius 1 is 1.00 bits per heavy atom. The van der Waals surface area contributed by atoms with Gasteiger partial charge in [0.2, 0.25) is 0 Å². The third-order valence-electron chi connectivity index (χ3n) is 4.00. The number of hydrogen-bond donors (Lipinski definition) is 4. The highest BCUT2D eigenvalue weighted by molar-refractivity contribution is 6.17. The molecule has 9 heteroatoms. The lowest BCUT2D eigenvalue weighted by atomic mass is 9.77. The molecule has 4 N–H and O–H groups in total. The van der Waals surface area contributed by atoms with E-state index in [1.165, 1.54) is 32.1 Å². The van der Waals surface area contributed by atoms with Crippen LogP contribution in [0.2, 0.25) is 0 Å². The second kappa shape index (κ2) is 9.41. The normalized spacial score (nSPS) is 17.2. The van der Waals surface area contributed by atoms with Gasteiger partial charge in [0, 0.05) is 5.57 Å². The van der Waals surface area contributed by atoms with E-state index < -0.39 is 41.8 Å². The Morgan fingerprint density at radius 3 is 1.79 bits per heavy atom. The van der Waals surface area contributed by atoms with E-state index in [4.69, 9.17) is 15.3 Å². The van der Waals surface area contributed by atoms with Gasteiger partial charge in [-0.2, -0.15) is 0 Å². The van der Waals surface area contributed by atoms with Crippen molar-refractivity contribution in [3.8, 4) is 0 Å². The molecule has 0 amide bonds. The molecule has 156 valence electrons. The van der Waals surface area contributed by atoms with Gasteiger partial charge in [-0.3, -0.25) is 19.2 Å². The van der Waals surface area contributed by atoms with E-state index in [-0.39, 0.29) is 17.0 Å². The number of carbonyl (C=O) groups excluding carboxylic acids is 2. The third kappa shape index (κ3) is 6.73. The predicted octanol–water partition coefficient (Wildman–Crippen LogP) is 1.30. The van der Waals surface area contributed by atoms with E-state index >= 15 is 0 Å². The van der Waals surface area contributed by atoms with Crippen molar-refractivity contribution in [2.45, 2.75) is 46.6 Å². The second-order valence-corrected chi connectivity index (χ2v) is 7.77. The van der Waals surface area contributed by atoms with Crippen molar-refractivity contribution in [2.24, 2.45) is 17.3 Å². The Labute approximate surface area is 162 Å². The largest absolute Gasteiger partial charge is 0.481 e. The Kier molecular flexibility index (Phi) is 8.46. The highest BCUT2D eigenvalue weighted by atomic mass is 16.4. The maximum Gasteiger partial charge on any atom is 0.337 e. The first-order chi connectivity index (χ1) is 12.5. The lowest BCUT2D eigenvalue weighted by Gasteiger charge is -2.30. The van der Waals surface area contributed by atoms with Crippen LogP contribution in [0.25, 0.3) is 0 Å². The minimum atomic E-state index is -2.80. The summed E-state index contributed by atoms with van der Waals surface area (Å²) in [7, 11) is 0. The van der Waals surface area contributed by atoms with E-state index in [9.17, 15) is 29.1 Å². The average Bonchev–Trinajstić information content (AvgIpc) is 2.47. The van der Waals surface area contributed by atoms with Crippen LogP contribution in [0.5, 0.6) is 0 Å². The first-order valence-corrected chi connectivity index (χ1v) is 8.43. The minimum absolute atomic E-state index is 0.0536. The Hall–Kier alpha value is -2.81. The molecule has 2 unspecified atom stereocenters.